The van der Waals surface area contributed by atoms with E-state index in [1.54, 1.807) is 0 Å². The molecule has 0 amide bonds. The summed E-state index contributed by atoms with van der Waals surface area (Å²) in [5, 5.41) is 15.2. The van der Waals surface area contributed by atoms with Crippen LogP contribution in [-0.4, -0.2) is 15.1 Å². The van der Waals surface area contributed by atoms with Crippen LogP contribution < -0.4 is 0 Å². The number of hydrogen-bond acceptors (Lipinski definition) is 5. The fraction of sp³-hybridized carbons (Fsp3) is 0.154. The van der Waals surface area contributed by atoms with Crippen LogP contribution in [0.4, 0.5) is 17.6 Å². The average molecular weight is 328 g/mol. The van der Waals surface area contributed by atoms with Crippen LogP contribution in [0, 0.1) is 5.82 Å². The number of hydrogen-bond donors (Lipinski definition) is 0. The van der Waals surface area contributed by atoms with Crippen LogP contribution in [0.5, 0.6) is 0 Å². The van der Waals surface area contributed by atoms with E-state index in [0.717, 1.165) is 18.7 Å². The van der Waals surface area contributed by atoms with E-state index in [1.807, 2.05) is 0 Å². The van der Waals surface area contributed by atoms with E-state index in [9.17, 15) is 22.7 Å². The molecule has 2 aromatic heterocycles. The molecule has 0 saturated heterocycles. The molecule has 1 unspecified atom stereocenters. The number of halogens is 4. The molecule has 0 aliphatic carbocycles. The normalized spacial score (nSPS) is 13.3. The van der Waals surface area contributed by atoms with Gasteiger partial charge >= 0.3 is 12.1 Å². The van der Waals surface area contributed by atoms with Gasteiger partial charge in [-0.3, -0.25) is 0 Å². The minimum absolute atomic E-state index is 0.0647. The Labute approximate surface area is 125 Å². The fourth-order valence-electron chi connectivity index (χ4n) is 1.88. The first kappa shape index (κ1) is 15.2. The highest BCUT2D eigenvalue weighted by Crippen LogP contribution is 2.32. The second kappa shape index (κ2) is 5.47. The van der Waals surface area contributed by atoms with Crippen molar-refractivity contribution >= 4 is 0 Å². The van der Waals surface area contributed by atoms with Gasteiger partial charge in [-0.1, -0.05) is 17.3 Å². The van der Waals surface area contributed by atoms with E-state index in [4.69, 9.17) is 0 Å². The van der Waals surface area contributed by atoms with E-state index in [-0.39, 0.29) is 16.8 Å². The molecule has 119 valence electrons. The summed E-state index contributed by atoms with van der Waals surface area (Å²) < 4.78 is 60.5. The molecule has 0 saturated carbocycles. The summed E-state index contributed by atoms with van der Waals surface area (Å²) in [6.45, 7) is 0. The van der Waals surface area contributed by atoms with Gasteiger partial charge in [0.1, 0.15) is 17.8 Å². The first-order valence-electron chi connectivity index (χ1n) is 6.11. The smallest absolute Gasteiger partial charge is 0.451 e. The molecule has 3 rings (SSSR count). The number of oxazole rings is 1. The molecule has 1 aromatic carbocycles. The molecule has 1 atom stereocenters. The first-order chi connectivity index (χ1) is 10.9. The summed E-state index contributed by atoms with van der Waals surface area (Å²) in [4.78, 5) is 6.72. The van der Waals surface area contributed by atoms with Crippen LogP contribution in [0.3, 0.4) is 0 Å². The fourth-order valence-corrected chi connectivity index (χ4v) is 1.88. The van der Waals surface area contributed by atoms with E-state index in [2.05, 4.69) is 24.1 Å². The van der Waals surface area contributed by atoms with Crippen LogP contribution in [0.1, 0.15) is 23.3 Å². The molecule has 2 heterocycles. The lowest BCUT2D eigenvalue weighted by atomic mass is 10.0. The molecule has 23 heavy (non-hydrogen) atoms. The minimum Gasteiger partial charge on any atom is -0.451 e. The SMILES string of the molecule is [O]C(c1cocn1)c1cccc(-c2noc(C(F)(F)F)n2)c1F. The molecule has 10 heteroatoms. The summed E-state index contributed by atoms with van der Waals surface area (Å²) in [6, 6.07) is 3.62. The van der Waals surface area contributed by atoms with Crippen molar-refractivity contribution in [2.45, 2.75) is 12.3 Å². The predicted octanol–water partition coefficient (Wildman–Crippen LogP) is 3.40. The summed E-state index contributed by atoms with van der Waals surface area (Å²) in [6.07, 6.45) is -4.49. The van der Waals surface area contributed by atoms with Crippen molar-refractivity contribution in [3.05, 3.63) is 53.8 Å². The van der Waals surface area contributed by atoms with Gasteiger partial charge in [-0.15, -0.1) is 0 Å². The van der Waals surface area contributed by atoms with Crippen molar-refractivity contribution in [3.8, 4) is 11.4 Å². The van der Waals surface area contributed by atoms with E-state index >= 15 is 0 Å². The molecule has 1 radical (unpaired) electrons. The second-order valence-electron chi connectivity index (χ2n) is 4.42. The van der Waals surface area contributed by atoms with Crippen molar-refractivity contribution in [2.24, 2.45) is 0 Å². The van der Waals surface area contributed by atoms with Crippen LogP contribution in [0.2, 0.25) is 0 Å². The lowest BCUT2D eigenvalue weighted by Gasteiger charge is -2.08. The molecule has 0 aliphatic heterocycles. The second-order valence-corrected chi connectivity index (χ2v) is 4.42. The Morgan fingerprint density at radius 3 is 2.61 bits per heavy atom. The largest absolute Gasteiger partial charge is 0.471 e. The minimum atomic E-state index is -4.85. The van der Waals surface area contributed by atoms with E-state index in [1.165, 1.54) is 12.1 Å². The quantitative estimate of drug-likeness (QED) is 0.688. The van der Waals surface area contributed by atoms with Crippen molar-refractivity contribution in [1.29, 1.82) is 0 Å². The third-order valence-electron chi connectivity index (χ3n) is 2.94. The van der Waals surface area contributed by atoms with Crippen molar-refractivity contribution in [3.63, 3.8) is 0 Å². The van der Waals surface area contributed by atoms with E-state index in [0.29, 0.717) is 0 Å². The Bertz CT molecular complexity index is 814. The molecule has 3 aromatic rings. The Hall–Kier alpha value is -2.75. The lowest BCUT2D eigenvalue weighted by molar-refractivity contribution is -0.159. The Balaban J connectivity index is 2.02. The zero-order valence-electron chi connectivity index (χ0n) is 11.0. The summed E-state index contributed by atoms with van der Waals surface area (Å²) >= 11 is 0. The number of benzene rings is 1. The third kappa shape index (κ3) is 2.80. The van der Waals surface area contributed by atoms with Crippen LogP contribution >= 0.6 is 0 Å². The predicted molar refractivity (Wildman–Crippen MR) is 63.7 cm³/mol. The van der Waals surface area contributed by atoms with Gasteiger partial charge in [-0.25, -0.2) is 14.5 Å². The molecule has 0 fully saturated rings. The Morgan fingerprint density at radius 1 is 1.22 bits per heavy atom. The van der Waals surface area contributed by atoms with E-state index < -0.39 is 29.8 Å². The monoisotopic (exact) mass is 328 g/mol. The highest BCUT2D eigenvalue weighted by molar-refractivity contribution is 5.57. The summed E-state index contributed by atoms with van der Waals surface area (Å²) in [5.74, 6) is -3.26. The maximum absolute atomic E-state index is 14.4. The van der Waals surface area contributed by atoms with Crippen LogP contribution in [-0.2, 0) is 11.3 Å². The zero-order chi connectivity index (χ0) is 16.6. The molecule has 0 spiro atoms. The van der Waals surface area contributed by atoms with Gasteiger partial charge in [-0.05, 0) is 6.07 Å². The van der Waals surface area contributed by atoms with Crippen molar-refractivity contribution < 1.29 is 31.6 Å². The Kier molecular flexibility index (Phi) is 3.60. The summed E-state index contributed by atoms with van der Waals surface area (Å²) in [7, 11) is 0. The maximum Gasteiger partial charge on any atom is 0.471 e. The first-order valence-corrected chi connectivity index (χ1v) is 6.11. The maximum atomic E-state index is 14.4. The molecular formula is C13H6F4N3O3. The van der Waals surface area contributed by atoms with Gasteiger partial charge in [0, 0.05) is 5.56 Å². The number of rotatable bonds is 3. The standard InChI is InChI=1S/C13H6F4N3O3/c14-9-6(10(21)8-4-22-5-18-8)2-1-3-7(9)11-19-12(23-20-11)13(15,16)17/h1-5,10H. The highest BCUT2D eigenvalue weighted by atomic mass is 19.4. The topological polar surface area (TPSA) is 84.9 Å². The average Bonchev–Trinajstić information content (AvgIpc) is 3.18. The Morgan fingerprint density at radius 2 is 2.00 bits per heavy atom. The molecular weight excluding hydrogens is 322 g/mol. The van der Waals surface area contributed by atoms with Gasteiger partial charge in [0.05, 0.1) is 5.56 Å². The number of aromatic nitrogens is 3. The highest BCUT2D eigenvalue weighted by Gasteiger charge is 2.39. The van der Waals surface area contributed by atoms with Gasteiger partial charge in [0.2, 0.25) is 5.82 Å². The lowest BCUT2D eigenvalue weighted by Crippen LogP contribution is -2.05. The molecule has 0 bridgehead atoms. The van der Waals surface area contributed by atoms with Crippen LogP contribution in [0.25, 0.3) is 11.4 Å². The zero-order valence-corrected chi connectivity index (χ0v) is 11.0. The van der Waals surface area contributed by atoms with Gasteiger partial charge in [0.15, 0.2) is 12.5 Å². The van der Waals surface area contributed by atoms with Gasteiger partial charge < -0.3 is 8.94 Å². The molecule has 0 N–H and O–H groups in total. The van der Waals surface area contributed by atoms with Crippen molar-refractivity contribution in [1.82, 2.24) is 15.1 Å². The third-order valence-corrected chi connectivity index (χ3v) is 2.94. The number of nitrogens with zero attached hydrogens (tertiary/aromatic N) is 3. The molecule has 0 aliphatic rings. The van der Waals surface area contributed by atoms with Crippen LogP contribution in [0.15, 0.2) is 39.8 Å². The van der Waals surface area contributed by atoms with Gasteiger partial charge in [-0.2, -0.15) is 18.2 Å². The van der Waals surface area contributed by atoms with Crippen molar-refractivity contribution in [2.75, 3.05) is 0 Å². The summed E-state index contributed by atoms with van der Waals surface area (Å²) in [5.41, 5.74) is -0.772. The molecule has 6 nitrogen and oxygen atoms in total. The van der Waals surface area contributed by atoms with Gasteiger partial charge in [0.25, 0.3) is 0 Å². The number of alkyl halides is 3.